The highest BCUT2D eigenvalue weighted by molar-refractivity contribution is 8.00. The molecule has 0 aliphatic heterocycles. The van der Waals surface area contributed by atoms with Gasteiger partial charge in [0.25, 0.3) is 0 Å². The zero-order valence-electron chi connectivity index (χ0n) is 9.71. The first-order chi connectivity index (χ1) is 8.86. The Morgan fingerprint density at radius 1 is 1.05 bits per heavy atom. The van der Waals surface area contributed by atoms with Crippen LogP contribution in [0.25, 0.3) is 0 Å². The largest absolute Gasteiger partial charge is 0.399 e. The van der Waals surface area contributed by atoms with Crippen LogP contribution in [0.4, 0.5) is 10.1 Å². The van der Waals surface area contributed by atoms with Crippen molar-refractivity contribution in [3.05, 3.63) is 48.3 Å². The first-order valence-electron chi connectivity index (χ1n) is 5.22. The lowest BCUT2D eigenvalue weighted by molar-refractivity contribution is 0.596. The Hall–Kier alpha value is -1.57. The van der Waals surface area contributed by atoms with Crippen LogP contribution in [0.1, 0.15) is 0 Å². The van der Waals surface area contributed by atoms with Crippen molar-refractivity contribution in [2.75, 3.05) is 5.73 Å². The quantitative estimate of drug-likeness (QED) is 0.851. The number of halogens is 1. The standard InChI is InChI=1S/C12H11FN2O2S2/c13-8-1-4-10(5-2-8)18-11-6-3-9(14)7-12(11)19(15,16)17/h1-7H,14H2,(H2,15,16,17). The van der Waals surface area contributed by atoms with Gasteiger partial charge in [-0.3, -0.25) is 0 Å². The van der Waals surface area contributed by atoms with E-state index < -0.39 is 10.0 Å². The van der Waals surface area contributed by atoms with Gasteiger partial charge in [-0.2, -0.15) is 0 Å². The van der Waals surface area contributed by atoms with Gasteiger partial charge in [0, 0.05) is 15.5 Å². The highest BCUT2D eigenvalue weighted by Crippen LogP contribution is 2.33. The molecular weight excluding hydrogens is 287 g/mol. The lowest BCUT2D eigenvalue weighted by Gasteiger charge is -2.08. The second-order valence-electron chi connectivity index (χ2n) is 3.81. The van der Waals surface area contributed by atoms with Gasteiger partial charge in [-0.1, -0.05) is 11.8 Å². The van der Waals surface area contributed by atoms with Gasteiger partial charge in [-0.05, 0) is 42.5 Å². The summed E-state index contributed by atoms with van der Waals surface area (Å²) in [6.07, 6.45) is 0. The molecule has 0 spiro atoms. The molecule has 7 heteroatoms. The van der Waals surface area contributed by atoms with E-state index in [9.17, 15) is 12.8 Å². The molecule has 19 heavy (non-hydrogen) atoms. The molecule has 2 aromatic carbocycles. The number of primary sulfonamides is 1. The Labute approximate surface area is 114 Å². The topological polar surface area (TPSA) is 86.2 Å². The van der Waals surface area contributed by atoms with E-state index in [0.29, 0.717) is 15.5 Å². The van der Waals surface area contributed by atoms with Gasteiger partial charge in [-0.15, -0.1) is 0 Å². The summed E-state index contributed by atoms with van der Waals surface area (Å²) >= 11 is 1.18. The van der Waals surface area contributed by atoms with E-state index >= 15 is 0 Å². The van der Waals surface area contributed by atoms with Crippen molar-refractivity contribution in [1.29, 1.82) is 0 Å². The first kappa shape index (κ1) is 13.9. The summed E-state index contributed by atoms with van der Waals surface area (Å²) < 4.78 is 35.8. The fraction of sp³-hybridized carbons (Fsp3) is 0. The van der Waals surface area contributed by atoms with Crippen molar-refractivity contribution >= 4 is 27.5 Å². The molecule has 0 fully saturated rings. The van der Waals surface area contributed by atoms with Gasteiger partial charge in [-0.25, -0.2) is 17.9 Å². The molecule has 100 valence electrons. The first-order valence-corrected chi connectivity index (χ1v) is 7.58. The molecule has 0 aromatic heterocycles. The number of hydrogen-bond donors (Lipinski definition) is 2. The van der Waals surface area contributed by atoms with Crippen LogP contribution in [0, 0.1) is 5.82 Å². The van der Waals surface area contributed by atoms with Crippen molar-refractivity contribution in [3.63, 3.8) is 0 Å². The maximum atomic E-state index is 12.8. The molecule has 0 radical (unpaired) electrons. The molecule has 0 heterocycles. The van der Waals surface area contributed by atoms with E-state index in [4.69, 9.17) is 10.9 Å². The second kappa shape index (κ2) is 5.20. The molecule has 0 aliphatic rings. The van der Waals surface area contributed by atoms with E-state index in [0.717, 1.165) is 0 Å². The number of anilines is 1. The molecule has 0 atom stereocenters. The molecule has 0 saturated heterocycles. The van der Waals surface area contributed by atoms with Gasteiger partial charge >= 0.3 is 0 Å². The van der Waals surface area contributed by atoms with Crippen molar-refractivity contribution < 1.29 is 12.8 Å². The molecule has 0 bridgehead atoms. The van der Waals surface area contributed by atoms with Gasteiger partial charge in [0.05, 0.1) is 4.90 Å². The molecular formula is C12H11FN2O2S2. The zero-order valence-corrected chi connectivity index (χ0v) is 11.3. The van der Waals surface area contributed by atoms with E-state index in [2.05, 4.69) is 0 Å². The second-order valence-corrected chi connectivity index (χ2v) is 6.45. The fourth-order valence-corrected chi connectivity index (χ4v) is 3.40. The number of rotatable bonds is 3. The maximum Gasteiger partial charge on any atom is 0.239 e. The van der Waals surface area contributed by atoms with Crippen molar-refractivity contribution in [2.24, 2.45) is 5.14 Å². The van der Waals surface area contributed by atoms with Crippen LogP contribution in [0.15, 0.2) is 57.2 Å². The molecule has 4 nitrogen and oxygen atoms in total. The summed E-state index contributed by atoms with van der Waals surface area (Å²) in [6.45, 7) is 0. The van der Waals surface area contributed by atoms with Gasteiger partial charge in [0.15, 0.2) is 0 Å². The van der Waals surface area contributed by atoms with Crippen molar-refractivity contribution in [1.82, 2.24) is 0 Å². The van der Waals surface area contributed by atoms with E-state index in [1.54, 1.807) is 24.3 Å². The molecule has 0 saturated carbocycles. The van der Waals surface area contributed by atoms with Crippen LogP contribution < -0.4 is 10.9 Å². The predicted molar refractivity (Wildman–Crippen MR) is 72.8 cm³/mol. The molecule has 0 aliphatic carbocycles. The maximum absolute atomic E-state index is 12.8. The molecule has 2 aromatic rings. The van der Waals surface area contributed by atoms with Crippen LogP contribution in [0.5, 0.6) is 0 Å². The minimum atomic E-state index is -3.86. The van der Waals surface area contributed by atoms with E-state index in [1.165, 1.54) is 30.0 Å². The van der Waals surface area contributed by atoms with E-state index in [1.807, 2.05) is 0 Å². The Kier molecular flexibility index (Phi) is 3.79. The Morgan fingerprint density at radius 2 is 1.68 bits per heavy atom. The fourth-order valence-electron chi connectivity index (χ4n) is 1.46. The lowest BCUT2D eigenvalue weighted by Crippen LogP contribution is -2.13. The summed E-state index contributed by atoms with van der Waals surface area (Å²) in [5.74, 6) is -0.353. The average Bonchev–Trinajstić information content (AvgIpc) is 2.33. The minimum Gasteiger partial charge on any atom is -0.399 e. The smallest absolute Gasteiger partial charge is 0.239 e. The molecule has 2 rings (SSSR count). The summed E-state index contributed by atoms with van der Waals surface area (Å²) in [5, 5.41) is 5.15. The van der Waals surface area contributed by atoms with Crippen LogP contribution in [-0.2, 0) is 10.0 Å². The summed E-state index contributed by atoms with van der Waals surface area (Å²) in [6, 6.07) is 10.2. The monoisotopic (exact) mass is 298 g/mol. The summed E-state index contributed by atoms with van der Waals surface area (Å²) in [4.78, 5) is 1.11. The van der Waals surface area contributed by atoms with Gasteiger partial charge in [0.1, 0.15) is 5.82 Å². The van der Waals surface area contributed by atoms with Crippen LogP contribution in [-0.4, -0.2) is 8.42 Å². The molecule has 0 amide bonds. The molecule has 0 unspecified atom stereocenters. The summed E-state index contributed by atoms with van der Waals surface area (Å²) in [7, 11) is -3.86. The number of nitrogen functional groups attached to an aromatic ring is 1. The Bertz CT molecular complexity index is 700. The SMILES string of the molecule is Nc1ccc(Sc2ccc(F)cc2)c(S(N)(=O)=O)c1. The third-order valence-electron chi connectivity index (χ3n) is 2.32. The number of nitrogens with two attached hydrogens (primary N) is 2. The Morgan fingerprint density at radius 3 is 2.26 bits per heavy atom. The normalized spacial score (nSPS) is 11.5. The number of sulfonamides is 1. The lowest BCUT2D eigenvalue weighted by atomic mass is 10.3. The average molecular weight is 298 g/mol. The predicted octanol–water partition coefficient (Wildman–Crippen LogP) is 2.21. The van der Waals surface area contributed by atoms with Crippen LogP contribution >= 0.6 is 11.8 Å². The zero-order chi connectivity index (χ0) is 14.0. The summed E-state index contributed by atoms with van der Waals surface area (Å²) in [5.41, 5.74) is 5.87. The Balaban J connectivity index is 2.43. The minimum absolute atomic E-state index is 0.0400. The third kappa shape index (κ3) is 3.46. The van der Waals surface area contributed by atoms with Crippen LogP contribution in [0.3, 0.4) is 0 Å². The number of hydrogen-bond acceptors (Lipinski definition) is 4. The highest BCUT2D eigenvalue weighted by atomic mass is 32.2. The van der Waals surface area contributed by atoms with Gasteiger partial charge < -0.3 is 5.73 Å². The highest BCUT2D eigenvalue weighted by Gasteiger charge is 2.15. The molecule has 4 N–H and O–H groups in total. The van der Waals surface area contributed by atoms with Crippen LogP contribution in [0.2, 0.25) is 0 Å². The van der Waals surface area contributed by atoms with E-state index in [-0.39, 0.29) is 10.7 Å². The number of benzene rings is 2. The third-order valence-corrected chi connectivity index (χ3v) is 4.48. The van der Waals surface area contributed by atoms with Crippen molar-refractivity contribution in [3.8, 4) is 0 Å². The van der Waals surface area contributed by atoms with Gasteiger partial charge in [0.2, 0.25) is 10.0 Å². The van der Waals surface area contributed by atoms with Crippen molar-refractivity contribution in [2.45, 2.75) is 14.7 Å².